The SMILES string of the molecule is C[C@@H]1C[C@@H](c2ccc(C3C=N3)c3ncccc23)CN(C(=O)C[C@@H]2[C@H]3CN(C)C[C@@H]23)C1. The predicted molar refractivity (Wildman–Crippen MR) is 119 cm³/mol. The number of hydrogen-bond donors (Lipinski definition) is 0. The number of pyridine rings is 1. The number of likely N-dealkylation sites (tertiary alicyclic amines) is 2. The van der Waals surface area contributed by atoms with Crippen LogP contribution >= 0.6 is 0 Å². The van der Waals surface area contributed by atoms with Crippen LogP contribution in [0, 0.1) is 23.7 Å². The minimum atomic E-state index is 0.205. The number of aromatic nitrogens is 1. The molecule has 0 N–H and O–H groups in total. The van der Waals surface area contributed by atoms with E-state index < -0.39 is 0 Å². The van der Waals surface area contributed by atoms with Crippen LogP contribution in [-0.2, 0) is 4.79 Å². The number of fused-ring (bicyclic) bond motifs is 2. The summed E-state index contributed by atoms with van der Waals surface area (Å²) in [6.45, 7) is 6.39. The van der Waals surface area contributed by atoms with Crippen molar-refractivity contribution >= 4 is 23.0 Å². The average Bonchev–Trinajstić information content (AvgIpc) is 3.65. The first kappa shape index (κ1) is 18.5. The molecule has 6 rings (SSSR count). The molecule has 5 nitrogen and oxygen atoms in total. The number of carbonyl (C=O) groups excluding carboxylic acids is 1. The second kappa shape index (κ2) is 6.88. The third-order valence-corrected chi connectivity index (χ3v) is 7.87. The Morgan fingerprint density at radius 2 is 1.87 bits per heavy atom. The summed E-state index contributed by atoms with van der Waals surface area (Å²) in [7, 11) is 2.20. The Labute approximate surface area is 178 Å². The van der Waals surface area contributed by atoms with E-state index >= 15 is 0 Å². The van der Waals surface area contributed by atoms with Crippen molar-refractivity contribution < 1.29 is 4.79 Å². The number of nitrogens with zero attached hydrogens (tertiary/aromatic N) is 4. The van der Waals surface area contributed by atoms with Crippen LogP contribution in [0.2, 0.25) is 0 Å². The van der Waals surface area contributed by atoms with Gasteiger partial charge in [0.15, 0.2) is 0 Å². The van der Waals surface area contributed by atoms with Gasteiger partial charge in [-0.05, 0) is 48.8 Å². The fraction of sp³-hybridized carbons (Fsp3) is 0.560. The number of piperidine rings is 2. The largest absolute Gasteiger partial charge is 0.342 e. The smallest absolute Gasteiger partial charge is 0.222 e. The van der Waals surface area contributed by atoms with Crippen molar-refractivity contribution in [1.29, 1.82) is 0 Å². The van der Waals surface area contributed by atoms with Gasteiger partial charge in [-0.25, -0.2) is 0 Å². The minimum Gasteiger partial charge on any atom is -0.342 e. The normalized spacial score (nSPS) is 34.9. The van der Waals surface area contributed by atoms with Gasteiger partial charge < -0.3 is 9.80 Å². The van der Waals surface area contributed by atoms with Gasteiger partial charge in [-0.15, -0.1) is 0 Å². The molecular formula is C25H30N4O. The zero-order chi connectivity index (χ0) is 20.4. The van der Waals surface area contributed by atoms with Gasteiger partial charge in [-0.1, -0.05) is 25.1 Å². The van der Waals surface area contributed by atoms with E-state index in [2.05, 4.69) is 47.0 Å². The van der Waals surface area contributed by atoms with Crippen molar-refractivity contribution in [3.05, 3.63) is 41.6 Å². The standard InChI is InChI=1S/C25H30N4O/c1-15-8-16(12-29(11-15)24(30)9-20-21-13-28(2)14-22(20)21)17-5-6-19(23-10-27-23)25-18(17)4-3-7-26-25/h3-7,10,15-16,20-23H,8-9,11-14H2,1-2H3/t15-,16-,20-,21-,22+,23?/m1/s1. The van der Waals surface area contributed by atoms with E-state index in [0.717, 1.165) is 43.3 Å². The van der Waals surface area contributed by atoms with Crippen LogP contribution < -0.4 is 0 Å². The van der Waals surface area contributed by atoms with Crippen molar-refractivity contribution in [2.24, 2.45) is 28.7 Å². The number of benzene rings is 1. The Balaban J connectivity index is 1.22. The lowest BCUT2D eigenvalue weighted by Gasteiger charge is -2.37. The van der Waals surface area contributed by atoms with Gasteiger partial charge in [-0.3, -0.25) is 14.8 Å². The van der Waals surface area contributed by atoms with Crippen molar-refractivity contribution in [3.8, 4) is 0 Å². The number of amides is 1. The lowest BCUT2D eigenvalue weighted by Crippen LogP contribution is -2.43. The van der Waals surface area contributed by atoms with Crippen LogP contribution in [0.4, 0.5) is 0 Å². The van der Waals surface area contributed by atoms with Gasteiger partial charge in [0.1, 0.15) is 6.04 Å². The number of carbonyl (C=O) groups is 1. The maximum absolute atomic E-state index is 13.2. The molecule has 0 bridgehead atoms. The van der Waals surface area contributed by atoms with Crippen LogP contribution in [0.5, 0.6) is 0 Å². The molecule has 1 unspecified atom stereocenters. The molecule has 156 valence electrons. The maximum Gasteiger partial charge on any atom is 0.222 e. The summed E-state index contributed by atoms with van der Waals surface area (Å²) in [5, 5.41) is 1.23. The highest BCUT2D eigenvalue weighted by molar-refractivity contribution is 5.92. The van der Waals surface area contributed by atoms with E-state index in [1.54, 1.807) is 0 Å². The molecule has 1 aromatic carbocycles. The Morgan fingerprint density at radius 1 is 1.10 bits per heavy atom. The molecule has 0 radical (unpaired) electrons. The lowest BCUT2D eigenvalue weighted by molar-refractivity contribution is -0.133. The second-order valence-electron chi connectivity index (χ2n) is 10.1. The average molecular weight is 403 g/mol. The summed E-state index contributed by atoms with van der Waals surface area (Å²) in [5.41, 5.74) is 3.62. The van der Waals surface area contributed by atoms with Crippen LogP contribution in [-0.4, -0.2) is 60.1 Å². The molecule has 30 heavy (non-hydrogen) atoms. The zero-order valence-corrected chi connectivity index (χ0v) is 17.9. The molecule has 3 fully saturated rings. The molecule has 2 aromatic rings. The third-order valence-electron chi connectivity index (χ3n) is 7.87. The summed E-state index contributed by atoms with van der Waals surface area (Å²) in [6.07, 6.45) is 5.74. The molecule has 5 heteroatoms. The Hall–Kier alpha value is -2.27. The van der Waals surface area contributed by atoms with Gasteiger partial charge in [0, 0.05) is 61.9 Å². The predicted octanol–water partition coefficient (Wildman–Crippen LogP) is 3.51. The fourth-order valence-electron chi connectivity index (χ4n) is 6.29. The summed E-state index contributed by atoms with van der Waals surface area (Å²) in [4.78, 5) is 26.8. The van der Waals surface area contributed by atoms with Crippen molar-refractivity contribution in [1.82, 2.24) is 14.8 Å². The van der Waals surface area contributed by atoms with Gasteiger partial charge in [0.25, 0.3) is 0 Å². The Morgan fingerprint density at radius 3 is 2.63 bits per heavy atom. The van der Waals surface area contributed by atoms with Crippen molar-refractivity contribution in [2.75, 3.05) is 33.2 Å². The quantitative estimate of drug-likeness (QED) is 0.786. The monoisotopic (exact) mass is 402 g/mol. The van der Waals surface area contributed by atoms with E-state index in [0.29, 0.717) is 23.7 Å². The summed E-state index contributed by atoms with van der Waals surface area (Å²) >= 11 is 0. The highest BCUT2D eigenvalue weighted by atomic mass is 16.2. The molecule has 4 heterocycles. The van der Waals surface area contributed by atoms with E-state index in [9.17, 15) is 4.79 Å². The lowest BCUT2D eigenvalue weighted by atomic mass is 9.83. The number of hydrogen-bond acceptors (Lipinski definition) is 4. The van der Waals surface area contributed by atoms with Crippen LogP contribution in [0.1, 0.15) is 42.9 Å². The Kier molecular flexibility index (Phi) is 4.24. The van der Waals surface area contributed by atoms with Gasteiger partial charge in [-0.2, -0.15) is 0 Å². The summed E-state index contributed by atoms with van der Waals surface area (Å²) in [6, 6.07) is 8.90. The highest BCUT2D eigenvalue weighted by Crippen LogP contribution is 2.53. The topological polar surface area (TPSA) is 48.8 Å². The molecule has 1 aromatic heterocycles. The van der Waals surface area contributed by atoms with E-state index in [1.165, 1.54) is 29.6 Å². The van der Waals surface area contributed by atoms with Crippen LogP contribution in [0.3, 0.4) is 0 Å². The molecule has 1 amide bonds. The molecule has 2 saturated heterocycles. The molecule has 6 atom stereocenters. The molecular weight excluding hydrogens is 372 g/mol. The summed E-state index contributed by atoms with van der Waals surface area (Å²) in [5.74, 6) is 3.44. The molecule has 0 spiro atoms. The zero-order valence-electron chi connectivity index (χ0n) is 17.9. The third kappa shape index (κ3) is 3.15. The molecule has 3 aliphatic heterocycles. The van der Waals surface area contributed by atoms with E-state index in [4.69, 9.17) is 4.98 Å². The first-order valence-corrected chi connectivity index (χ1v) is 11.5. The number of rotatable bonds is 4. The first-order valence-electron chi connectivity index (χ1n) is 11.5. The van der Waals surface area contributed by atoms with E-state index in [1.807, 2.05) is 18.5 Å². The van der Waals surface area contributed by atoms with Gasteiger partial charge in [0.2, 0.25) is 5.91 Å². The maximum atomic E-state index is 13.2. The molecule has 1 saturated carbocycles. The highest BCUT2D eigenvalue weighted by Gasteiger charge is 2.55. The van der Waals surface area contributed by atoms with Crippen molar-refractivity contribution in [3.63, 3.8) is 0 Å². The number of aliphatic imine (C=N–C) groups is 1. The van der Waals surface area contributed by atoms with Crippen LogP contribution in [0.15, 0.2) is 35.5 Å². The fourth-order valence-corrected chi connectivity index (χ4v) is 6.29. The Bertz CT molecular complexity index is 1010. The van der Waals surface area contributed by atoms with Gasteiger partial charge in [0.05, 0.1) is 5.52 Å². The molecule has 4 aliphatic rings. The van der Waals surface area contributed by atoms with Crippen LogP contribution in [0.25, 0.3) is 10.9 Å². The minimum absolute atomic E-state index is 0.205. The van der Waals surface area contributed by atoms with Gasteiger partial charge >= 0.3 is 0 Å². The summed E-state index contributed by atoms with van der Waals surface area (Å²) < 4.78 is 0. The van der Waals surface area contributed by atoms with E-state index in [-0.39, 0.29) is 6.04 Å². The second-order valence-corrected chi connectivity index (χ2v) is 10.1. The first-order chi connectivity index (χ1) is 14.6. The molecule has 1 aliphatic carbocycles. The van der Waals surface area contributed by atoms with Crippen molar-refractivity contribution in [2.45, 2.75) is 31.7 Å².